The van der Waals surface area contributed by atoms with Gasteiger partial charge in [0.1, 0.15) is 0 Å². The Morgan fingerprint density at radius 1 is 1.38 bits per heavy atom. The minimum atomic E-state index is -0.302. The van der Waals surface area contributed by atoms with Crippen molar-refractivity contribution >= 4 is 40.3 Å². The quantitative estimate of drug-likeness (QED) is 0.723. The number of nitrogens with one attached hydrogen (secondary N) is 1. The van der Waals surface area contributed by atoms with Gasteiger partial charge in [0, 0.05) is 4.88 Å². The smallest absolute Gasteiger partial charge is 0.282 e. The maximum absolute atomic E-state index is 11.1. The van der Waals surface area contributed by atoms with E-state index in [1.165, 1.54) is 11.3 Å². The van der Waals surface area contributed by atoms with Crippen molar-refractivity contribution in [2.24, 2.45) is 0 Å². The first-order valence-electron chi connectivity index (χ1n) is 3.54. The van der Waals surface area contributed by atoms with E-state index in [9.17, 15) is 9.59 Å². The minimum absolute atomic E-state index is 0.298. The summed E-state index contributed by atoms with van der Waals surface area (Å²) < 4.78 is 0. The van der Waals surface area contributed by atoms with Crippen LogP contribution in [0.25, 0.3) is 6.08 Å². The predicted molar refractivity (Wildman–Crippen MR) is 53.4 cm³/mol. The summed E-state index contributed by atoms with van der Waals surface area (Å²) in [4.78, 5) is 23.3. The van der Waals surface area contributed by atoms with Gasteiger partial charge in [-0.05, 0) is 29.3 Å². The molecule has 0 aliphatic carbocycles. The second-order valence-corrected chi connectivity index (χ2v) is 4.36. The van der Waals surface area contributed by atoms with Crippen LogP contribution in [-0.4, -0.2) is 11.1 Å². The van der Waals surface area contributed by atoms with Crippen molar-refractivity contribution in [2.75, 3.05) is 0 Å². The number of imide groups is 1. The van der Waals surface area contributed by atoms with Crippen LogP contribution in [0.2, 0.25) is 0 Å². The molecule has 13 heavy (non-hydrogen) atoms. The number of carbonyl (C=O) groups excluding carboxylic acids is 2. The molecule has 1 aromatic heterocycles. The van der Waals surface area contributed by atoms with E-state index in [1.807, 2.05) is 17.5 Å². The number of thioether (sulfide) groups is 1. The Balaban J connectivity index is 2.27. The summed E-state index contributed by atoms with van der Waals surface area (Å²) in [6.07, 6.45) is 1.72. The highest BCUT2D eigenvalue weighted by Crippen LogP contribution is 2.26. The van der Waals surface area contributed by atoms with Gasteiger partial charge >= 0.3 is 0 Å². The molecule has 0 bridgehead atoms. The van der Waals surface area contributed by atoms with E-state index in [-0.39, 0.29) is 11.1 Å². The topological polar surface area (TPSA) is 46.2 Å². The molecular weight excluding hydrogens is 206 g/mol. The fraction of sp³-hybridized carbons (Fsp3) is 0. The van der Waals surface area contributed by atoms with Crippen molar-refractivity contribution in [3.8, 4) is 0 Å². The van der Waals surface area contributed by atoms with Gasteiger partial charge in [0.2, 0.25) is 0 Å². The lowest BCUT2D eigenvalue weighted by Crippen LogP contribution is -2.17. The van der Waals surface area contributed by atoms with Crippen LogP contribution in [0.4, 0.5) is 4.79 Å². The van der Waals surface area contributed by atoms with E-state index < -0.39 is 0 Å². The minimum Gasteiger partial charge on any atom is -0.282 e. The Morgan fingerprint density at radius 3 is 2.77 bits per heavy atom. The van der Waals surface area contributed by atoms with Crippen molar-refractivity contribution in [1.29, 1.82) is 0 Å². The molecule has 0 radical (unpaired) electrons. The Bertz CT molecular complexity index is 381. The van der Waals surface area contributed by atoms with E-state index in [1.54, 1.807) is 6.08 Å². The van der Waals surface area contributed by atoms with Gasteiger partial charge < -0.3 is 0 Å². The summed E-state index contributed by atoms with van der Waals surface area (Å²) in [5, 5.41) is 3.82. The predicted octanol–water partition coefficient (Wildman–Crippen LogP) is 2.07. The van der Waals surface area contributed by atoms with Gasteiger partial charge in [-0.2, -0.15) is 0 Å². The lowest BCUT2D eigenvalue weighted by molar-refractivity contribution is -0.115. The average molecular weight is 211 g/mol. The van der Waals surface area contributed by atoms with Gasteiger partial charge in [0.25, 0.3) is 11.1 Å². The molecule has 66 valence electrons. The molecule has 0 spiro atoms. The number of carbonyl (C=O) groups is 2. The van der Waals surface area contributed by atoms with Gasteiger partial charge in [-0.1, -0.05) is 6.07 Å². The summed E-state index contributed by atoms with van der Waals surface area (Å²) >= 11 is 2.47. The number of hydrogen-bond acceptors (Lipinski definition) is 4. The average Bonchev–Trinajstić information content (AvgIpc) is 2.63. The fourth-order valence-corrected chi connectivity index (χ4v) is 2.33. The molecule has 1 aliphatic rings. The van der Waals surface area contributed by atoms with Crippen molar-refractivity contribution in [3.63, 3.8) is 0 Å². The van der Waals surface area contributed by atoms with Gasteiger partial charge in [-0.15, -0.1) is 11.3 Å². The summed E-state index contributed by atoms with van der Waals surface area (Å²) in [7, 11) is 0. The summed E-state index contributed by atoms with van der Waals surface area (Å²) in [5.74, 6) is -0.302. The fourth-order valence-electron chi connectivity index (χ4n) is 0.924. The summed E-state index contributed by atoms with van der Waals surface area (Å²) in [6.45, 7) is 0. The molecule has 1 aromatic rings. The molecule has 1 N–H and O–H groups in total. The van der Waals surface area contributed by atoms with Crippen LogP contribution in [0, 0.1) is 0 Å². The van der Waals surface area contributed by atoms with Gasteiger partial charge in [-0.25, -0.2) is 0 Å². The van der Waals surface area contributed by atoms with E-state index >= 15 is 0 Å². The first-order valence-corrected chi connectivity index (χ1v) is 5.24. The van der Waals surface area contributed by atoms with Crippen LogP contribution in [-0.2, 0) is 4.79 Å². The first-order chi connectivity index (χ1) is 6.25. The molecule has 2 rings (SSSR count). The Hall–Kier alpha value is -1.07. The van der Waals surface area contributed by atoms with E-state index in [4.69, 9.17) is 0 Å². The largest absolute Gasteiger partial charge is 0.290 e. The zero-order valence-corrected chi connectivity index (χ0v) is 8.08. The highest BCUT2D eigenvalue weighted by molar-refractivity contribution is 8.18. The lowest BCUT2D eigenvalue weighted by Gasteiger charge is -1.87. The highest BCUT2D eigenvalue weighted by Gasteiger charge is 2.24. The van der Waals surface area contributed by atoms with Crippen molar-refractivity contribution in [2.45, 2.75) is 0 Å². The number of rotatable bonds is 1. The Labute approximate surface area is 82.8 Å². The van der Waals surface area contributed by atoms with Crippen LogP contribution in [0.5, 0.6) is 0 Å². The maximum atomic E-state index is 11.1. The second kappa shape index (κ2) is 3.35. The van der Waals surface area contributed by atoms with Crippen molar-refractivity contribution in [3.05, 3.63) is 27.3 Å². The maximum Gasteiger partial charge on any atom is 0.290 e. The zero-order chi connectivity index (χ0) is 9.26. The third-order valence-corrected chi connectivity index (χ3v) is 3.09. The first kappa shape index (κ1) is 8.52. The van der Waals surface area contributed by atoms with E-state index in [2.05, 4.69) is 5.32 Å². The van der Waals surface area contributed by atoms with Crippen LogP contribution >= 0.6 is 23.1 Å². The normalized spacial score (nSPS) is 19.5. The SMILES string of the molecule is O=C1NC(=O)/C(=C\c2cccs2)S1. The van der Waals surface area contributed by atoms with Crippen LogP contribution in [0.15, 0.2) is 22.4 Å². The van der Waals surface area contributed by atoms with Crippen LogP contribution in [0.1, 0.15) is 4.88 Å². The third-order valence-electron chi connectivity index (χ3n) is 1.46. The number of amides is 2. The van der Waals surface area contributed by atoms with Crippen molar-refractivity contribution < 1.29 is 9.59 Å². The molecule has 5 heteroatoms. The third kappa shape index (κ3) is 1.81. The highest BCUT2D eigenvalue weighted by atomic mass is 32.2. The Kier molecular flexibility index (Phi) is 2.20. The number of thiophene rings is 1. The van der Waals surface area contributed by atoms with Crippen LogP contribution in [0.3, 0.4) is 0 Å². The second-order valence-electron chi connectivity index (χ2n) is 2.37. The standard InChI is InChI=1S/C8H5NO2S2/c10-7-6(13-8(11)9-7)4-5-2-1-3-12-5/h1-4H,(H,9,10,11)/b6-4+. The summed E-state index contributed by atoms with van der Waals surface area (Å²) in [5.41, 5.74) is 0. The lowest BCUT2D eigenvalue weighted by atomic mass is 10.4. The molecule has 1 saturated heterocycles. The molecule has 0 aromatic carbocycles. The summed E-state index contributed by atoms with van der Waals surface area (Å²) in [6, 6.07) is 3.80. The molecule has 2 amide bonds. The van der Waals surface area contributed by atoms with Gasteiger partial charge in [-0.3, -0.25) is 14.9 Å². The molecule has 1 fully saturated rings. The van der Waals surface area contributed by atoms with E-state index in [0.29, 0.717) is 4.91 Å². The number of hydrogen-bond donors (Lipinski definition) is 1. The van der Waals surface area contributed by atoms with Gasteiger partial charge in [0.05, 0.1) is 4.91 Å². The molecule has 0 unspecified atom stereocenters. The zero-order valence-electron chi connectivity index (χ0n) is 6.44. The molecular formula is C8H5NO2S2. The molecule has 3 nitrogen and oxygen atoms in total. The molecule has 0 saturated carbocycles. The molecule has 2 heterocycles. The van der Waals surface area contributed by atoms with Crippen LogP contribution < -0.4 is 5.32 Å². The Morgan fingerprint density at radius 2 is 2.23 bits per heavy atom. The van der Waals surface area contributed by atoms with Crippen molar-refractivity contribution in [1.82, 2.24) is 5.32 Å². The van der Waals surface area contributed by atoms with Gasteiger partial charge in [0.15, 0.2) is 0 Å². The molecule has 0 atom stereocenters. The van der Waals surface area contributed by atoms with E-state index in [0.717, 1.165) is 16.6 Å². The monoisotopic (exact) mass is 211 g/mol. The molecule has 1 aliphatic heterocycles.